The molecule has 0 aliphatic rings. The van der Waals surface area contributed by atoms with E-state index in [1.165, 1.54) is 10.1 Å². The Morgan fingerprint density at radius 1 is 0.962 bits per heavy atom. The quantitative estimate of drug-likeness (QED) is 0.581. The van der Waals surface area contributed by atoms with Crippen molar-refractivity contribution < 1.29 is 0 Å². The molecule has 0 unspecified atom stereocenters. The maximum Gasteiger partial charge on any atom is 0.272 e. The highest BCUT2D eigenvalue weighted by Gasteiger charge is 2.08. The summed E-state index contributed by atoms with van der Waals surface area (Å²) in [6.45, 7) is 0. The Hall–Kier alpha value is -2.85. The number of H-pyrrole nitrogens is 1. The summed E-state index contributed by atoms with van der Waals surface area (Å²) in [5.41, 5.74) is 4.55. The Morgan fingerprint density at radius 2 is 1.73 bits per heavy atom. The minimum atomic E-state index is -0.0940. The first kappa shape index (κ1) is 16.6. The average molecular weight is 364 g/mol. The summed E-state index contributed by atoms with van der Waals surface area (Å²) in [6.07, 6.45) is 2.16. The molecule has 2 heterocycles. The van der Waals surface area contributed by atoms with Crippen LogP contribution in [0.1, 0.15) is 22.5 Å². The van der Waals surface area contributed by atoms with Crippen LogP contribution in [0, 0.1) is 0 Å². The van der Waals surface area contributed by atoms with Crippen LogP contribution in [-0.2, 0) is 19.3 Å². The van der Waals surface area contributed by atoms with Gasteiger partial charge in [0.1, 0.15) is 0 Å². The lowest BCUT2D eigenvalue weighted by molar-refractivity contribution is 0.836. The van der Waals surface area contributed by atoms with Crippen LogP contribution in [0.4, 0.5) is 0 Å². The fraction of sp³-hybridized carbons (Fsp3) is 0.143. The molecule has 2 aromatic carbocycles. The van der Waals surface area contributed by atoms with Crippen LogP contribution in [0.25, 0.3) is 5.65 Å². The predicted octanol–water partition coefficient (Wildman–Crippen LogP) is 4.05. The van der Waals surface area contributed by atoms with Crippen molar-refractivity contribution in [3.05, 3.63) is 105 Å². The molecule has 1 N–H and O–H groups in total. The molecule has 2 aromatic heterocycles. The van der Waals surface area contributed by atoms with E-state index in [1.54, 1.807) is 6.07 Å². The maximum atomic E-state index is 12.4. The summed E-state index contributed by atoms with van der Waals surface area (Å²) in [6, 6.07) is 21.4. The molecule has 0 spiro atoms. The second-order valence-corrected chi connectivity index (χ2v) is 6.72. The Labute approximate surface area is 156 Å². The number of halogens is 1. The lowest BCUT2D eigenvalue weighted by Gasteiger charge is -2.04. The Bertz CT molecular complexity index is 1100. The number of aromatic amines is 1. The molecule has 0 amide bonds. The number of aromatic nitrogens is 3. The summed E-state index contributed by atoms with van der Waals surface area (Å²) in [7, 11) is 0. The summed E-state index contributed by atoms with van der Waals surface area (Å²) in [5, 5.41) is 3.89. The Kier molecular flexibility index (Phi) is 4.59. The van der Waals surface area contributed by atoms with Gasteiger partial charge in [0.15, 0.2) is 5.65 Å². The fourth-order valence-corrected chi connectivity index (χ4v) is 3.32. The van der Waals surface area contributed by atoms with E-state index in [2.05, 4.69) is 22.2 Å². The summed E-state index contributed by atoms with van der Waals surface area (Å²) in [5.74, 6) is 0. The third kappa shape index (κ3) is 3.55. The molecule has 4 nitrogen and oxygen atoms in total. The fourth-order valence-electron chi connectivity index (χ4n) is 3.09. The second kappa shape index (κ2) is 7.18. The number of benzene rings is 2. The third-order valence-electron chi connectivity index (χ3n) is 4.40. The minimum Gasteiger partial charge on any atom is -0.293 e. The zero-order valence-electron chi connectivity index (χ0n) is 14.2. The first-order chi connectivity index (χ1) is 12.7. The van der Waals surface area contributed by atoms with Gasteiger partial charge >= 0.3 is 0 Å². The number of hydrogen-bond acceptors (Lipinski definition) is 2. The highest BCUT2D eigenvalue weighted by molar-refractivity contribution is 6.31. The predicted molar refractivity (Wildman–Crippen MR) is 104 cm³/mol. The highest BCUT2D eigenvalue weighted by Crippen LogP contribution is 2.17. The van der Waals surface area contributed by atoms with Crippen LogP contribution in [-0.4, -0.2) is 14.6 Å². The SMILES string of the molecule is O=c1cc(CCc2ccccc2Cl)nc2cc(Cc3ccccc3)[nH]n12. The molecule has 5 heteroatoms. The van der Waals surface area contributed by atoms with Crippen LogP contribution < -0.4 is 5.56 Å². The van der Waals surface area contributed by atoms with E-state index >= 15 is 0 Å². The van der Waals surface area contributed by atoms with Gasteiger partial charge in [-0.25, -0.2) is 9.50 Å². The van der Waals surface area contributed by atoms with Gasteiger partial charge in [0.05, 0.1) is 0 Å². The monoisotopic (exact) mass is 363 g/mol. The zero-order valence-corrected chi connectivity index (χ0v) is 14.9. The van der Waals surface area contributed by atoms with E-state index in [4.69, 9.17) is 11.6 Å². The van der Waals surface area contributed by atoms with Crippen molar-refractivity contribution in [2.75, 3.05) is 0 Å². The van der Waals surface area contributed by atoms with E-state index in [0.717, 1.165) is 34.8 Å². The van der Waals surface area contributed by atoms with Gasteiger partial charge in [-0.2, -0.15) is 0 Å². The molecular formula is C21H18ClN3O. The number of hydrogen-bond donors (Lipinski definition) is 1. The van der Waals surface area contributed by atoms with Gasteiger partial charge in [-0.3, -0.25) is 9.89 Å². The summed E-state index contributed by atoms with van der Waals surface area (Å²) < 4.78 is 1.50. The number of nitrogens with zero attached hydrogens (tertiary/aromatic N) is 2. The molecule has 26 heavy (non-hydrogen) atoms. The van der Waals surface area contributed by atoms with Crippen LogP contribution in [0.5, 0.6) is 0 Å². The van der Waals surface area contributed by atoms with Gasteiger partial charge in [0.2, 0.25) is 0 Å². The largest absolute Gasteiger partial charge is 0.293 e. The molecule has 0 aliphatic heterocycles. The van der Waals surface area contributed by atoms with Gasteiger partial charge in [-0.15, -0.1) is 0 Å². The number of rotatable bonds is 5. The van der Waals surface area contributed by atoms with Crippen molar-refractivity contribution in [3.8, 4) is 0 Å². The van der Waals surface area contributed by atoms with Crippen molar-refractivity contribution in [2.45, 2.75) is 19.3 Å². The first-order valence-corrected chi connectivity index (χ1v) is 8.95. The van der Waals surface area contributed by atoms with Crippen LogP contribution in [0.3, 0.4) is 0 Å². The molecule has 4 rings (SSSR count). The van der Waals surface area contributed by atoms with E-state index in [9.17, 15) is 4.79 Å². The lowest BCUT2D eigenvalue weighted by Crippen LogP contribution is -2.16. The lowest BCUT2D eigenvalue weighted by atomic mass is 10.1. The molecule has 0 saturated carbocycles. The minimum absolute atomic E-state index is 0.0940. The molecule has 0 saturated heterocycles. The summed E-state index contributed by atoms with van der Waals surface area (Å²) in [4.78, 5) is 17.0. The van der Waals surface area contributed by atoms with Crippen molar-refractivity contribution in [1.82, 2.24) is 14.6 Å². The molecule has 4 aromatic rings. The Balaban J connectivity index is 1.58. The van der Waals surface area contributed by atoms with Crippen molar-refractivity contribution in [2.24, 2.45) is 0 Å². The second-order valence-electron chi connectivity index (χ2n) is 6.31. The van der Waals surface area contributed by atoms with Gasteiger partial charge < -0.3 is 0 Å². The van der Waals surface area contributed by atoms with Gasteiger partial charge in [0, 0.05) is 35.0 Å². The molecular weight excluding hydrogens is 346 g/mol. The number of nitrogens with one attached hydrogen (secondary N) is 1. The maximum absolute atomic E-state index is 12.4. The normalized spacial score (nSPS) is 11.1. The van der Waals surface area contributed by atoms with Gasteiger partial charge in [-0.05, 0) is 30.0 Å². The van der Waals surface area contributed by atoms with E-state index in [0.29, 0.717) is 12.1 Å². The Morgan fingerprint density at radius 3 is 2.54 bits per heavy atom. The van der Waals surface area contributed by atoms with Crippen LogP contribution >= 0.6 is 11.6 Å². The number of aryl methyl sites for hydroxylation is 2. The topological polar surface area (TPSA) is 50.2 Å². The van der Waals surface area contributed by atoms with E-state index < -0.39 is 0 Å². The van der Waals surface area contributed by atoms with E-state index in [1.807, 2.05) is 48.5 Å². The average Bonchev–Trinajstić information content (AvgIpc) is 3.05. The molecule has 0 radical (unpaired) electrons. The molecule has 0 atom stereocenters. The van der Waals surface area contributed by atoms with Crippen LogP contribution in [0.2, 0.25) is 5.02 Å². The third-order valence-corrected chi connectivity index (χ3v) is 4.77. The summed E-state index contributed by atoms with van der Waals surface area (Å²) >= 11 is 6.21. The molecule has 0 fully saturated rings. The van der Waals surface area contributed by atoms with Crippen molar-refractivity contribution >= 4 is 17.2 Å². The van der Waals surface area contributed by atoms with E-state index in [-0.39, 0.29) is 5.56 Å². The standard InChI is InChI=1S/C21H18ClN3O/c22-19-9-5-4-8-16(19)10-11-17-14-21(26)25-20(23-17)13-18(24-25)12-15-6-2-1-3-7-15/h1-9,13-14,24H,10-12H2. The van der Waals surface area contributed by atoms with Crippen LogP contribution in [0.15, 0.2) is 71.5 Å². The van der Waals surface area contributed by atoms with Gasteiger partial charge in [0.25, 0.3) is 5.56 Å². The van der Waals surface area contributed by atoms with Crippen molar-refractivity contribution in [3.63, 3.8) is 0 Å². The number of fused-ring (bicyclic) bond motifs is 1. The highest BCUT2D eigenvalue weighted by atomic mass is 35.5. The van der Waals surface area contributed by atoms with Crippen molar-refractivity contribution in [1.29, 1.82) is 0 Å². The zero-order chi connectivity index (χ0) is 17.9. The molecule has 0 bridgehead atoms. The molecule has 130 valence electrons. The molecule has 0 aliphatic carbocycles. The smallest absolute Gasteiger partial charge is 0.272 e. The van der Waals surface area contributed by atoms with Gasteiger partial charge in [-0.1, -0.05) is 60.1 Å². The first-order valence-electron chi connectivity index (χ1n) is 8.57.